The second-order valence-corrected chi connectivity index (χ2v) is 5.02. The van der Waals surface area contributed by atoms with Gasteiger partial charge >= 0.3 is 24.3 Å². The van der Waals surface area contributed by atoms with E-state index in [-0.39, 0.29) is 29.3 Å². The Morgan fingerprint density at radius 2 is 1.31 bits per heavy atom. The summed E-state index contributed by atoms with van der Waals surface area (Å²) in [6, 6.07) is 4.68. The van der Waals surface area contributed by atoms with Crippen molar-refractivity contribution in [3.63, 3.8) is 0 Å². The molecule has 0 aliphatic carbocycles. The van der Waals surface area contributed by atoms with Crippen LogP contribution in [0, 0.1) is 0 Å². The number of hydrogen-bond acceptors (Lipinski definition) is 3. The number of carbonyl (C=O) groups is 2. The van der Waals surface area contributed by atoms with Gasteiger partial charge in [0.25, 0.3) is 0 Å². The van der Waals surface area contributed by atoms with Crippen LogP contribution in [0.2, 0.25) is 0 Å². The molecule has 0 saturated carbocycles. The normalized spacial score (nSPS) is 11.9. The van der Waals surface area contributed by atoms with Crippen LogP contribution in [0.4, 0.5) is 26.3 Å². The zero-order valence-corrected chi connectivity index (χ0v) is 12.5. The molecule has 0 heterocycles. The Morgan fingerprint density at radius 1 is 0.808 bits per heavy atom. The number of rotatable bonds is 3. The van der Waals surface area contributed by atoms with E-state index in [0.29, 0.717) is 0 Å². The molecule has 0 atom stereocenters. The first-order chi connectivity index (χ1) is 11.9. The van der Waals surface area contributed by atoms with Crippen molar-refractivity contribution < 1.29 is 45.8 Å². The molecule has 0 saturated heterocycles. The number of carboxylic acid groups (broad SMARTS) is 1. The second kappa shape index (κ2) is 6.70. The maximum atomic E-state index is 12.8. The van der Waals surface area contributed by atoms with E-state index in [1.165, 1.54) is 6.07 Å². The van der Waals surface area contributed by atoms with Gasteiger partial charge in [-0.3, -0.25) is 0 Å². The zero-order chi connectivity index (χ0) is 19.7. The largest absolute Gasteiger partial charge is 0.478 e. The van der Waals surface area contributed by atoms with E-state index in [1.807, 2.05) is 0 Å². The van der Waals surface area contributed by atoms with E-state index < -0.39 is 41.2 Å². The molecule has 26 heavy (non-hydrogen) atoms. The number of ether oxygens (including phenoxy) is 1. The monoisotopic (exact) mass is 378 g/mol. The first-order valence-corrected chi connectivity index (χ1v) is 6.73. The molecule has 138 valence electrons. The van der Waals surface area contributed by atoms with Gasteiger partial charge in [-0.25, -0.2) is 9.59 Å². The molecule has 0 aliphatic heterocycles. The van der Waals surface area contributed by atoms with E-state index in [2.05, 4.69) is 4.74 Å². The lowest BCUT2D eigenvalue weighted by Gasteiger charge is -2.14. The lowest BCUT2D eigenvalue weighted by atomic mass is 10.1. The Balaban J connectivity index is 2.41. The Kier molecular flexibility index (Phi) is 4.97. The van der Waals surface area contributed by atoms with E-state index in [4.69, 9.17) is 5.11 Å². The molecule has 2 aromatic rings. The van der Waals surface area contributed by atoms with Crippen molar-refractivity contribution in [2.45, 2.75) is 12.4 Å². The quantitative estimate of drug-likeness (QED) is 0.480. The Labute approximate surface area is 141 Å². The first-order valence-electron chi connectivity index (χ1n) is 6.73. The minimum absolute atomic E-state index is 0.109. The molecular formula is C16H8F6O4. The summed E-state index contributed by atoms with van der Waals surface area (Å²) in [5, 5.41) is 8.83. The summed E-state index contributed by atoms with van der Waals surface area (Å²) in [5.41, 5.74) is -3.95. The molecule has 0 amide bonds. The number of aromatic carboxylic acids is 1. The number of carboxylic acids is 1. The summed E-state index contributed by atoms with van der Waals surface area (Å²) in [6.07, 6.45) is -10.2. The van der Waals surface area contributed by atoms with Crippen LogP contribution in [0.1, 0.15) is 31.8 Å². The van der Waals surface area contributed by atoms with Gasteiger partial charge in [-0.15, -0.1) is 0 Å². The van der Waals surface area contributed by atoms with Crippen molar-refractivity contribution in [1.29, 1.82) is 0 Å². The Morgan fingerprint density at radius 3 is 1.77 bits per heavy atom. The summed E-state index contributed by atoms with van der Waals surface area (Å²) in [6.45, 7) is 0. The molecule has 0 bridgehead atoms. The maximum absolute atomic E-state index is 12.8. The molecule has 10 heteroatoms. The Bertz CT molecular complexity index is 822. The highest BCUT2D eigenvalue weighted by molar-refractivity contribution is 5.95. The SMILES string of the molecule is O=C(O)c1cccc(C(=O)Oc2cc(C(F)(F)F)cc(C(F)(F)F)c2)c1. The maximum Gasteiger partial charge on any atom is 0.416 e. The fourth-order valence-electron chi connectivity index (χ4n) is 1.93. The van der Waals surface area contributed by atoms with Crippen molar-refractivity contribution in [1.82, 2.24) is 0 Å². The summed E-state index contributed by atoms with van der Waals surface area (Å²) in [7, 11) is 0. The first kappa shape index (κ1) is 19.3. The molecule has 2 aromatic carbocycles. The third kappa shape index (κ3) is 4.52. The molecule has 0 spiro atoms. The van der Waals surface area contributed by atoms with Gasteiger partial charge in [0.15, 0.2) is 0 Å². The summed E-state index contributed by atoms with van der Waals surface area (Å²) < 4.78 is 81.2. The fraction of sp³-hybridized carbons (Fsp3) is 0.125. The van der Waals surface area contributed by atoms with Gasteiger partial charge in [0.2, 0.25) is 0 Å². The highest BCUT2D eigenvalue weighted by Gasteiger charge is 2.37. The van der Waals surface area contributed by atoms with Crippen LogP contribution in [0.25, 0.3) is 0 Å². The number of esters is 1. The van der Waals surface area contributed by atoms with E-state index in [9.17, 15) is 35.9 Å². The molecule has 1 N–H and O–H groups in total. The summed E-state index contributed by atoms with van der Waals surface area (Å²) in [4.78, 5) is 22.8. The number of benzene rings is 2. The topological polar surface area (TPSA) is 63.6 Å². The number of carbonyl (C=O) groups excluding carboxylic acids is 1. The molecule has 0 fully saturated rings. The lowest BCUT2D eigenvalue weighted by molar-refractivity contribution is -0.143. The smallest absolute Gasteiger partial charge is 0.416 e. The molecule has 0 unspecified atom stereocenters. The molecule has 2 rings (SSSR count). The van der Waals surface area contributed by atoms with E-state index >= 15 is 0 Å². The minimum atomic E-state index is -5.09. The van der Waals surface area contributed by atoms with Crippen LogP contribution in [0.5, 0.6) is 5.75 Å². The van der Waals surface area contributed by atoms with Crippen LogP contribution in [0.3, 0.4) is 0 Å². The van der Waals surface area contributed by atoms with Gasteiger partial charge in [-0.05, 0) is 36.4 Å². The molecule has 0 radical (unpaired) electrons. The van der Waals surface area contributed by atoms with Crippen LogP contribution in [0.15, 0.2) is 42.5 Å². The van der Waals surface area contributed by atoms with Crippen molar-refractivity contribution in [2.24, 2.45) is 0 Å². The third-order valence-electron chi connectivity index (χ3n) is 3.12. The predicted molar refractivity (Wildman–Crippen MR) is 74.8 cm³/mol. The highest BCUT2D eigenvalue weighted by Crippen LogP contribution is 2.38. The lowest BCUT2D eigenvalue weighted by Crippen LogP contribution is -2.14. The number of halogens is 6. The van der Waals surface area contributed by atoms with Gasteiger partial charge in [0, 0.05) is 0 Å². The second-order valence-electron chi connectivity index (χ2n) is 5.02. The minimum Gasteiger partial charge on any atom is -0.478 e. The fourth-order valence-corrected chi connectivity index (χ4v) is 1.93. The van der Waals surface area contributed by atoms with Crippen LogP contribution < -0.4 is 4.74 Å². The molecular weight excluding hydrogens is 370 g/mol. The summed E-state index contributed by atoms with van der Waals surface area (Å²) in [5.74, 6) is -3.66. The van der Waals surface area contributed by atoms with Crippen LogP contribution in [-0.2, 0) is 12.4 Å². The van der Waals surface area contributed by atoms with E-state index in [1.54, 1.807) is 0 Å². The molecule has 0 aliphatic rings. The zero-order valence-electron chi connectivity index (χ0n) is 12.5. The van der Waals surface area contributed by atoms with Crippen molar-refractivity contribution in [3.05, 3.63) is 64.7 Å². The van der Waals surface area contributed by atoms with Gasteiger partial charge in [0.05, 0.1) is 22.3 Å². The average Bonchev–Trinajstić information content (AvgIpc) is 2.53. The molecule has 0 aromatic heterocycles. The van der Waals surface area contributed by atoms with Gasteiger partial charge in [-0.2, -0.15) is 26.3 Å². The third-order valence-corrected chi connectivity index (χ3v) is 3.12. The number of alkyl halides is 6. The van der Waals surface area contributed by atoms with Crippen molar-refractivity contribution >= 4 is 11.9 Å². The van der Waals surface area contributed by atoms with Gasteiger partial charge in [0.1, 0.15) is 5.75 Å². The van der Waals surface area contributed by atoms with Gasteiger partial charge in [-0.1, -0.05) is 6.07 Å². The predicted octanol–water partition coefficient (Wildman–Crippen LogP) is 4.64. The van der Waals surface area contributed by atoms with Crippen molar-refractivity contribution in [3.8, 4) is 5.75 Å². The van der Waals surface area contributed by atoms with Crippen molar-refractivity contribution in [2.75, 3.05) is 0 Å². The highest BCUT2D eigenvalue weighted by atomic mass is 19.4. The van der Waals surface area contributed by atoms with Gasteiger partial charge < -0.3 is 9.84 Å². The average molecular weight is 378 g/mol. The van der Waals surface area contributed by atoms with Crippen LogP contribution in [-0.4, -0.2) is 17.0 Å². The summed E-state index contributed by atoms with van der Waals surface area (Å²) >= 11 is 0. The Hall–Kier alpha value is -3.04. The molecule has 4 nitrogen and oxygen atoms in total. The van der Waals surface area contributed by atoms with E-state index in [0.717, 1.165) is 18.2 Å². The standard InChI is InChI=1S/C16H8F6O4/c17-15(18,19)10-5-11(16(20,21)22)7-12(6-10)26-14(25)9-3-1-2-8(4-9)13(23)24/h1-7H,(H,23,24). The number of hydrogen-bond donors (Lipinski definition) is 1. The van der Waals surface area contributed by atoms with Crippen LogP contribution >= 0.6 is 0 Å².